The fourth-order valence-corrected chi connectivity index (χ4v) is 1.36. The zero-order valence-corrected chi connectivity index (χ0v) is 9.33. The molecule has 0 heterocycles. The van der Waals surface area contributed by atoms with Gasteiger partial charge in [-0.2, -0.15) is 0 Å². The van der Waals surface area contributed by atoms with Crippen LogP contribution >= 0.6 is 0 Å². The van der Waals surface area contributed by atoms with Gasteiger partial charge in [0.05, 0.1) is 12.1 Å². The quantitative estimate of drug-likeness (QED) is 0.564. The van der Waals surface area contributed by atoms with Crippen molar-refractivity contribution in [2.24, 2.45) is 21.8 Å². The normalized spacial score (nSPS) is 15.8. The zero-order valence-electron chi connectivity index (χ0n) is 9.33. The van der Waals surface area contributed by atoms with Crippen molar-refractivity contribution in [2.45, 2.75) is 46.2 Å². The Balaban J connectivity index is 4.19. The van der Waals surface area contributed by atoms with Gasteiger partial charge in [0.1, 0.15) is 0 Å². The van der Waals surface area contributed by atoms with E-state index in [1.807, 2.05) is 0 Å². The van der Waals surface area contributed by atoms with Crippen molar-refractivity contribution in [2.75, 3.05) is 0 Å². The van der Waals surface area contributed by atoms with E-state index >= 15 is 0 Å². The molecule has 76 valence electrons. The summed E-state index contributed by atoms with van der Waals surface area (Å²) in [6, 6.07) is 0.635. The highest BCUT2D eigenvalue weighted by Crippen LogP contribution is 2.18. The summed E-state index contributed by atoms with van der Waals surface area (Å²) >= 11 is 0. The van der Waals surface area contributed by atoms with Crippen molar-refractivity contribution >= 4 is 13.4 Å². The first kappa shape index (κ1) is 12.3. The Labute approximate surface area is 82.2 Å². The van der Waals surface area contributed by atoms with E-state index < -0.39 is 0 Å². The Bertz CT molecular complexity index is 143. The molecule has 13 heavy (non-hydrogen) atoms. The molecule has 0 rings (SSSR count). The van der Waals surface area contributed by atoms with Crippen LogP contribution in [0.25, 0.3) is 0 Å². The Hall–Kier alpha value is -0.660. The van der Waals surface area contributed by atoms with E-state index in [0.717, 1.165) is 6.42 Å². The molecule has 0 aliphatic rings. The summed E-state index contributed by atoms with van der Waals surface area (Å²) in [5.41, 5.74) is 0. The van der Waals surface area contributed by atoms with Crippen LogP contribution in [-0.2, 0) is 0 Å². The SMILES string of the molecule is C=NC(CC(N=C)C(C)C)C(C)C. The van der Waals surface area contributed by atoms with Gasteiger partial charge in [0.25, 0.3) is 0 Å². The van der Waals surface area contributed by atoms with Crippen LogP contribution in [0.3, 0.4) is 0 Å². The van der Waals surface area contributed by atoms with E-state index in [1.165, 1.54) is 0 Å². The molecule has 0 aliphatic carbocycles. The number of aliphatic imine (C=N–C) groups is 2. The molecule has 0 aromatic carbocycles. The molecule has 0 amide bonds. The third kappa shape index (κ3) is 4.20. The lowest BCUT2D eigenvalue weighted by molar-refractivity contribution is 0.379. The van der Waals surface area contributed by atoms with Crippen molar-refractivity contribution in [1.82, 2.24) is 0 Å². The Kier molecular flexibility index (Phi) is 5.60. The highest BCUT2D eigenvalue weighted by atomic mass is 14.8. The molecular weight excluding hydrogens is 160 g/mol. The minimum atomic E-state index is 0.317. The maximum Gasteiger partial charge on any atom is 0.0535 e. The van der Waals surface area contributed by atoms with E-state index in [4.69, 9.17) is 0 Å². The summed E-state index contributed by atoms with van der Waals surface area (Å²) in [6.07, 6.45) is 0.975. The van der Waals surface area contributed by atoms with Crippen LogP contribution in [-0.4, -0.2) is 25.5 Å². The second-order valence-electron chi connectivity index (χ2n) is 4.22. The molecule has 0 aromatic heterocycles. The highest BCUT2D eigenvalue weighted by molar-refractivity contribution is 5.25. The second-order valence-corrected chi connectivity index (χ2v) is 4.22. The van der Waals surface area contributed by atoms with Crippen LogP contribution in [0, 0.1) is 11.8 Å². The van der Waals surface area contributed by atoms with E-state index in [-0.39, 0.29) is 0 Å². The summed E-state index contributed by atoms with van der Waals surface area (Å²) < 4.78 is 0. The molecule has 2 atom stereocenters. The van der Waals surface area contributed by atoms with Gasteiger partial charge in [-0.05, 0) is 31.7 Å². The number of rotatable bonds is 6. The lowest BCUT2D eigenvalue weighted by Crippen LogP contribution is -2.23. The van der Waals surface area contributed by atoms with Gasteiger partial charge >= 0.3 is 0 Å². The minimum absolute atomic E-state index is 0.317. The Morgan fingerprint density at radius 1 is 0.846 bits per heavy atom. The first-order chi connectivity index (χ1) is 6.02. The van der Waals surface area contributed by atoms with Gasteiger partial charge in [0, 0.05) is 0 Å². The topological polar surface area (TPSA) is 24.7 Å². The highest BCUT2D eigenvalue weighted by Gasteiger charge is 2.18. The lowest BCUT2D eigenvalue weighted by Gasteiger charge is -2.22. The average Bonchev–Trinajstić information content (AvgIpc) is 2.05. The van der Waals surface area contributed by atoms with E-state index in [1.54, 1.807) is 0 Å². The van der Waals surface area contributed by atoms with Crippen molar-refractivity contribution < 1.29 is 0 Å². The first-order valence-corrected chi connectivity index (χ1v) is 4.94. The average molecular weight is 182 g/mol. The maximum absolute atomic E-state index is 4.12. The molecule has 0 bridgehead atoms. The van der Waals surface area contributed by atoms with Gasteiger partial charge < -0.3 is 0 Å². The molecule has 2 nitrogen and oxygen atoms in total. The lowest BCUT2D eigenvalue weighted by atomic mass is 9.92. The van der Waals surface area contributed by atoms with Gasteiger partial charge in [-0.3, -0.25) is 9.98 Å². The Morgan fingerprint density at radius 2 is 1.15 bits per heavy atom. The molecular formula is C11H22N2. The smallest absolute Gasteiger partial charge is 0.0535 e. The maximum atomic E-state index is 4.12. The van der Waals surface area contributed by atoms with Gasteiger partial charge in [-0.25, -0.2) is 0 Å². The van der Waals surface area contributed by atoms with Gasteiger partial charge in [0.2, 0.25) is 0 Å². The monoisotopic (exact) mass is 182 g/mol. The summed E-state index contributed by atoms with van der Waals surface area (Å²) in [4.78, 5) is 8.24. The fourth-order valence-electron chi connectivity index (χ4n) is 1.36. The predicted molar refractivity (Wildman–Crippen MR) is 61.0 cm³/mol. The van der Waals surface area contributed by atoms with Gasteiger partial charge in [-0.1, -0.05) is 27.7 Å². The fraction of sp³-hybridized carbons (Fsp3) is 0.818. The standard InChI is InChI=1S/C11H22N2/c1-8(2)10(12-5)7-11(13-6)9(3)4/h8-11H,5-7H2,1-4H3. The number of nitrogens with zero attached hydrogens (tertiary/aromatic N) is 2. The molecule has 0 spiro atoms. The first-order valence-electron chi connectivity index (χ1n) is 4.94. The third-order valence-electron chi connectivity index (χ3n) is 2.49. The molecule has 2 heteroatoms. The van der Waals surface area contributed by atoms with Crippen LogP contribution in [0.2, 0.25) is 0 Å². The summed E-state index contributed by atoms with van der Waals surface area (Å²) in [5, 5.41) is 0. The largest absolute Gasteiger partial charge is 0.297 e. The van der Waals surface area contributed by atoms with Crippen molar-refractivity contribution in [1.29, 1.82) is 0 Å². The van der Waals surface area contributed by atoms with E-state index in [9.17, 15) is 0 Å². The van der Waals surface area contributed by atoms with Gasteiger partial charge in [0.15, 0.2) is 0 Å². The molecule has 0 saturated heterocycles. The minimum Gasteiger partial charge on any atom is -0.297 e. The molecule has 0 radical (unpaired) electrons. The number of hydrogen-bond acceptors (Lipinski definition) is 2. The molecule has 2 unspecified atom stereocenters. The Morgan fingerprint density at radius 3 is 1.31 bits per heavy atom. The third-order valence-corrected chi connectivity index (χ3v) is 2.49. The van der Waals surface area contributed by atoms with Crippen LogP contribution in [0.4, 0.5) is 0 Å². The van der Waals surface area contributed by atoms with Crippen LogP contribution in [0.15, 0.2) is 9.98 Å². The van der Waals surface area contributed by atoms with Crippen molar-refractivity contribution in [3.05, 3.63) is 0 Å². The van der Waals surface area contributed by atoms with E-state index in [2.05, 4.69) is 51.1 Å². The van der Waals surface area contributed by atoms with Crippen molar-refractivity contribution in [3.63, 3.8) is 0 Å². The summed E-state index contributed by atoms with van der Waals surface area (Å²) in [7, 11) is 0. The molecule has 0 aromatic rings. The van der Waals surface area contributed by atoms with Crippen LogP contribution < -0.4 is 0 Å². The molecule has 0 aliphatic heterocycles. The zero-order chi connectivity index (χ0) is 10.4. The van der Waals surface area contributed by atoms with Crippen molar-refractivity contribution in [3.8, 4) is 0 Å². The summed E-state index contributed by atoms with van der Waals surface area (Å²) in [5.74, 6) is 1.08. The van der Waals surface area contributed by atoms with Gasteiger partial charge in [-0.15, -0.1) is 0 Å². The second kappa shape index (κ2) is 5.90. The molecule has 0 saturated carbocycles. The molecule has 0 fully saturated rings. The van der Waals surface area contributed by atoms with Crippen LogP contribution in [0.1, 0.15) is 34.1 Å². The molecule has 0 N–H and O–H groups in total. The summed E-state index contributed by atoms with van der Waals surface area (Å²) in [6.45, 7) is 15.9. The number of hydrogen-bond donors (Lipinski definition) is 0. The van der Waals surface area contributed by atoms with Crippen LogP contribution in [0.5, 0.6) is 0 Å². The van der Waals surface area contributed by atoms with E-state index in [0.29, 0.717) is 23.9 Å². The predicted octanol–water partition coefficient (Wildman–Crippen LogP) is 2.83.